The molecule has 28 heavy (non-hydrogen) atoms. The summed E-state index contributed by atoms with van der Waals surface area (Å²) in [6.07, 6.45) is 1.62. The lowest BCUT2D eigenvalue weighted by Crippen LogP contribution is -2.04. The zero-order valence-corrected chi connectivity index (χ0v) is 16.7. The highest BCUT2D eigenvalue weighted by atomic mass is 32.2. The summed E-state index contributed by atoms with van der Waals surface area (Å²) in [5.41, 5.74) is 3.54. The minimum absolute atomic E-state index is 0.352. The van der Waals surface area contributed by atoms with Gasteiger partial charge in [0.25, 0.3) is 0 Å². The molecule has 0 aliphatic heterocycles. The van der Waals surface area contributed by atoms with Gasteiger partial charge in [0.15, 0.2) is 0 Å². The second-order valence-electron chi connectivity index (χ2n) is 6.94. The van der Waals surface area contributed by atoms with Gasteiger partial charge in [0.1, 0.15) is 17.9 Å². The molecule has 0 atom stereocenters. The van der Waals surface area contributed by atoms with Crippen LogP contribution in [0.5, 0.6) is 0 Å². The van der Waals surface area contributed by atoms with E-state index in [1.807, 2.05) is 25.1 Å². The van der Waals surface area contributed by atoms with E-state index in [-0.39, 0.29) is 5.63 Å². The molecule has 3 aromatic heterocycles. The Kier molecular flexibility index (Phi) is 5.04. The Morgan fingerprint density at radius 2 is 2.11 bits per heavy atom. The monoisotopic (exact) mass is 396 g/mol. The van der Waals surface area contributed by atoms with Gasteiger partial charge in [0, 0.05) is 17.2 Å². The van der Waals surface area contributed by atoms with E-state index in [9.17, 15) is 4.79 Å². The first-order chi connectivity index (χ1) is 13.5. The normalized spacial score (nSPS) is 11.6. The predicted octanol–water partition coefficient (Wildman–Crippen LogP) is 4.14. The van der Waals surface area contributed by atoms with Crippen molar-refractivity contribution >= 4 is 22.7 Å². The summed E-state index contributed by atoms with van der Waals surface area (Å²) in [7, 11) is 0. The number of thioether (sulfide) groups is 1. The third-order valence-electron chi connectivity index (χ3n) is 4.58. The molecule has 4 aromatic rings. The lowest BCUT2D eigenvalue weighted by molar-refractivity contribution is 0.462. The highest BCUT2D eigenvalue weighted by Crippen LogP contribution is 2.30. The molecule has 1 aromatic carbocycles. The van der Waals surface area contributed by atoms with E-state index in [1.54, 1.807) is 17.0 Å². The van der Waals surface area contributed by atoms with Crippen molar-refractivity contribution in [1.82, 2.24) is 20.2 Å². The quantitative estimate of drug-likeness (QED) is 0.357. The number of furan rings is 1. The highest BCUT2D eigenvalue weighted by molar-refractivity contribution is 7.98. The van der Waals surface area contributed by atoms with Crippen LogP contribution >= 0.6 is 11.8 Å². The molecule has 0 bridgehead atoms. The Balaban J connectivity index is 1.64. The Hall–Kier alpha value is -2.87. The lowest BCUT2D eigenvalue weighted by Gasteiger charge is -2.13. The molecule has 0 aliphatic rings. The number of hydrogen-bond acceptors (Lipinski definition) is 7. The Bertz CT molecular complexity index is 1160. The van der Waals surface area contributed by atoms with Crippen molar-refractivity contribution < 1.29 is 8.83 Å². The predicted molar refractivity (Wildman–Crippen MR) is 106 cm³/mol. The smallest absolute Gasteiger partial charge is 0.336 e. The molecule has 0 aliphatic carbocycles. The van der Waals surface area contributed by atoms with Crippen LogP contribution < -0.4 is 5.63 Å². The summed E-state index contributed by atoms with van der Waals surface area (Å²) < 4.78 is 12.5. The molecule has 0 saturated heterocycles. The van der Waals surface area contributed by atoms with Crippen molar-refractivity contribution in [2.24, 2.45) is 0 Å². The number of tetrazole rings is 1. The van der Waals surface area contributed by atoms with Gasteiger partial charge in [-0.1, -0.05) is 25.6 Å². The average molecular weight is 396 g/mol. The SMILES string of the molecule is Cc1cc2oc(=O)cc(CSc3nnnn3Cc3ccco3)c2cc1C(C)C. The number of aryl methyl sites for hydroxylation is 1. The van der Waals surface area contributed by atoms with E-state index in [2.05, 4.69) is 35.4 Å². The van der Waals surface area contributed by atoms with Gasteiger partial charge < -0.3 is 8.83 Å². The van der Waals surface area contributed by atoms with Crippen LogP contribution in [0.25, 0.3) is 11.0 Å². The van der Waals surface area contributed by atoms with Gasteiger partial charge in [0.2, 0.25) is 5.16 Å². The maximum Gasteiger partial charge on any atom is 0.336 e. The fraction of sp³-hybridized carbons (Fsp3) is 0.300. The van der Waals surface area contributed by atoms with E-state index in [1.165, 1.54) is 17.3 Å². The summed E-state index contributed by atoms with van der Waals surface area (Å²) in [5, 5.41) is 13.5. The summed E-state index contributed by atoms with van der Waals surface area (Å²) >= 11 is 1.48. The minimum Gasteiger partial charge on any atom is -0.467 e. The van der Waals surface area contributed by atoms with Crippen molar-refractivity contribution in [2.75, 3.05) is 0 Å². The molecule has 0 N–H and O–H groups in total. The van der Waals surface area contributed by atoms with Crippen LogP contribution in [0.3, 0.4) is 0 Å². The van der Waals surface area contributed by atoms with E-state index in [4.69, 9.17) is 8.83 Å². The third-order valence-corrected chi connectivity index (χ3v) is 5.59. The lowest BCUT2D eigenvalue weighted by atomic mass is 9.95. The van der Waals surface area contributed by atoms with Crippen molar-refractivity contribution in [3.05, 3.63) is 69.5 Å². The maximum atomic E-state index is 12.0. The molecule has 7 nitrogen and oxygen atoms in total. The third kappa shape index (κ3) is 3.73. The van der Waals surface area contributed by atoms with E-state index in [0.717, 1.165) is 22.3 Å². The summed E-state index contributed by atoms with van der Waals surface area (Å²) in [5.74, 6) is 1.72. The Labute approximate surface area is 165 Å². The first kappa shape index (κ1) is 18.5. The maximum absolute atomic E-state index is 12.0. The van der Waals surface area contributed by atoms with Crippen LogP contribution in [-0.2, 0) is 12.3 Å². The minimum atomic E-state index is -0.352. The Morgan fingerprint density at radius 1 is 1.25 bits per heavy atom. The molecule has 3 heterocycles. The van der Waals surface area contributed by atoms with Gasteiger partial charge in [-0.3, -0.25) is 0 Å². The fourth-order valence-corrected chi connectivity index (χ4v) is 4.09. The number of rotatable bonds is 6. The molecule has 0 fully saturated rings. The van der Waals surface area contributed by atoms with Gasteiger partial charge >= 0.3 is 5.63 Å². The molecule has 144 valence electrons. The van der Waals surface area contributed by atoms with Gasteiger partial charge in [-0.2, -0.15) is 0 Å². The van der Waals surface area contributed by atoms with Crippen molar-refractivity contribution in [2.45, 2.75) is 44.1 Å². The van der Waals surface area contributed by atoms with Gasteiger partial charge in [-0.15, -0.1) is 5.10 Å². The topological polar surface area (TPSA) is 87.0 Å². The molecule has 0 amide bonds. The van der Waals surface area contributed by atoms with Crippen LogP contribution in [0, 0.1) is 6.92 Å². The molecular formula is C20H20N4O3S. The van der Waals surface area contributed by atoms with Gasteiger partial charge in [0.05, 0.1) is 6.26 Å². The average Bonchev–Trinajstić information content (AvgIpc) is 3.31. The Morgan fingerprint density at radius 3 is 2.86 bits per heavy atom. The van der Waals surface area contributed by atoms with Crippen LogP contribution in [0.15, 0.2) is 55.4 Å². The summed E-state index contributed by atoms with van der Waals surface area (Å²) in [6, 6.07) is 9.33. The highest BCUT2D eigenvalue weighted by Gasteiger charge is 2.14. The number of nitrogens with zero attached hydrogens (tertiary/aromatic N) is 4. The first-order valence-electron chi connectivity index (χ1n) is 9.00. The zero-order valence-electron chi connectivity index (χ0n) is 15.9. The molecule has 0 saturated carbocycles. The molecule has 4 rings (SSSR count). The largest absolute Gasteiger partial charge is 0.467 e. The molecule has 0 radical (unpaired) electrons. The van der Waals surface area contributed by atoms with Crippen LogP contribution in [-0.4, -0.2) is 20.2 Å². The number of hydrogen-bond donors (Lipinski definition) is 0. The van der Waals surface area contributed by atoms with Crippen molar-refractivity contribution in [3.63, 3.8) is 0 Å². The van der Waals surface area contributed by atoms with E-state index < -0.39 is 0 Å². The first-order valence-corrected chi connectivity index (χ1v) is 9.98. The molecule has 0 spiro atoms. The fourth-order valence-electron chi connectivity index (χ4n) is 3.22. The number of fused-ring (bicyclic) bond motifs is 1. The zero-order chi connectivity index (χ0) is 19.7. The second kappa shape index (κ2) is 7.63. The number of benzene rings is 1. The molecule has 0 unspecified atom stereocenters. The van der Waals surface area contributed by atoms with Crippen LogP contribution in [0.1, 0.15) is 42.2 Å². The summed E-state index contributed by atoms with van der Waals surface area (Å²) in [4.78, 5) is 12.0. The van der Waals surface area contributed by atoms with Crippen LogP contribution in [0.2, 0.25) is 0 Å². The van der Waals surface area contributed by atoms with Crippen molar-refractivity contribution in [3.8, 4) is 0 Å². The molecule has 8 heteroatoms. The second-order valence-corrected chi connectivity index (χ2v) is 7.88. The van der Waals surface area contributed by atoms with Crippen molar-refractivity contribution in [1.29, 1.82) is 0 Å². The van der Waals surface area contributed by atoms with Crippen LogP contribution in [0.4, 0.5) is 0 Å². The standard InChI is InChI=1S/C20H20N4O3S/c1-12(2)16-9-17-14(8-19(25)27-18(17)7-13(16)3)11-28-20-21-22-23-24(20)10-15-5-4-6-26-15/h4-9,12H,10-11H2,1-3H3. The van der Waals surface area contributed by atoms with E-state index in [0.29, 0.717) is 29.0 Å². The molecular weight excluding hydrogens is 376 g/mol. The number of aromatic nitrogens is 4. The van der Waals surface area contributed by atoms with Gasteiger partial charge in [-0.25, -0.2) is 9.48 Å². The van der Waals surface area contributed by atoms with Gasteiger partial charge in [-0.05, 0) is 64.2 Å². The van der Waals surface area contributed by atoms with E-state index >= 15 is 0 Å². The summed E-state index contributed by atoms with van der Waals surface area (Å²) in [6.45, 7) is 6.81.